The minimum absolute atomic E-state index is 0.726. The van der Waals surface area contributed by atoms with Gasteiger partial charge in [0.25, 0.3) is 0 Å². The summed E-state index contributed by atoms with van der Waals surface area (Å²) in [4.78, 5) is 8.01. The SMILES string of the molecule is Cc1ccc(-c2ccncn2)c(Cl)c1. The maximum atomic E-state index is 6.10. The van der Waals surface area contributed by atoms with Crippen LogP contribution in [0.3, 0.4) is 0 Å². The van der Waals surface area contributed by atoms with E-state index in [-0.39, 0.29) is 0 Å². The van der Waals surface area contributed by atoms with Crippen molar-refractivity contribution in [1.29, 1.82) is 0 Å². The third kappa shape index (κ3) is 1.75. The first-order valence-electron chi connectivity index (χ1n) is 4.30. The fourth-order valence-corrected chi connectivity index (χ4v) is 1.61. The van der Waals surface area contributed by atoms with E-state index < -0.39 is 0 Å². The highest BCUT2D eigenvalue weighted by Gasteiger charge is 2.03. The molecule has 0 saturated carbocycles. The Morgan fingerprint density at radius 3 is 2.71 bits per heavy atom. The van der Waals surface area contributed by atoms with E-state index in [0.29, 0.717) is 0 Å². The summed E-state index contributed by atoms with van der Waals surface area (Å²) >= 11 is 6.10. The molecule has 1 heterocycles. The topological polar surface area (TPSA) is 25.8 Å². The lowest BCUT2D eigenvalue weighted by atomic mass is 10.1. The van der Waals surface area contributed by atoms with Crippen LogP contribution in [0.25, 0.3) is 11.3 Å². The van der Waals surface area contributed by atoms with Crippen LogP contribution >= 0.6 is 11.6 Å². The van der Waals surface area contributed by atoms with Gasteiger partial charge >= 0.3 is 0 Å². The van der Waals surface area contributed by atoms with Gasteiger partial charge in [-0.2, -0.15) is 0 Å². The summed E-state index contributed by atoms with van der Waals surface area (Å²) in [5.41, 5.74) is 2.94. The molecular formula is C11H9ClN2. The Hall–Kier alpha value is -1.41. The van der Waals surface area contributed by atoms with Crippen molar-refractivity contribution in [2.45, 2.75) is 6.92 Å². The van der Waals surface area contributed by atoms with Crippen molar-refractivity contribution in [3.8, 4) is 11.3 Å². The molecule has 2 aromatic rings. The summed E-state index contributed by atoms with van der Waals surface area (Å²) in [6.07, 6.45) is 3.23. The van der Waals surface area contributed by atoms with Gasteiger partial charge in [-0.05, 0) is 24.6 Å². The lowest BCUT2D eigenvalue weighted by molar-refractivity contribution is 1.17. The second-order valence-corrected chi connectivity index (χ2v) is 3.49. The van der Waals surface area contributed by atoms with Crippen LogP contribution in [0.1, 0.15) is 5.56 Å². The maximum absolute atomic E-state index is 6.10. The maximum Gasteiger partial charge on any atom is 0.116 e. The van der Waals surface area contributed by atoms with Gasteiger partial charge in [0.2, 0.25) is 0 Å². The summed E-state index contributed by atoms with van der Waals surface area (Å²) in [5, 5.41) is 0.726. The minimum atomic E-state index is 0.726. The molecule has 0 fully saturated rings. The molecule has 0 amide bonds. The quantitative estimate of drug-likeness (QED) is 0.714. The van der Waals surface area contributed by atoms with Gasteiger partial charge < -0.3 is 0 Å². The third-order valence-corrected chi connectivity index (χ3v) is 2.30. The van der Waals surface area contributed by atoms with Gasteiger partial charge in [0.15, 0.2) is 0 Å². The summed E-state index contributed by atoms with van der Waals surface area (Å²) in [5.74, 6) is 0. The molecule has 0 radical (unpaired) electrons. The first-order valence-corrected chi connectivity index (χ1v) is 4.68. The van der Waals surface area contributed by atoms with Gasteiger partial charge in [-0.25, -0.2) is 9.97 Å². The second kappa shape index (κ2) is 3.76. The van der Waals surface area contributed by atoms with Gasteiger partial charge in [-0.3, -0.25) is 0 Å². The lowest BCUT2D eigenvalue weighted by Gasteiger charge is -2.03. The van der Waals surface area contributed by atoms with E-state index in [4.69, 9.17) is 11.6 Å². The Kier molecular flexibility index (Phi) is 2.46. The molecule has 0 bridgehead atoms. The first kappa shape index (κ1) is 9.16. The van der Waals surface area contributed by atoms with Gasteiger partial charge in [-0.1, -0.05) is 23.7 Å². The number of nitrogens with zero attached hydrogens (tertiary/aromatic N) is 2. The smallest absolute Gasteiger partial charge is 0.116 e. The molecule has 1 aromatic heterocycles. The number of hydrogen-bond acceptors (Lipinski definition) is 2. The summed E-state index contributed by atoms with van der Waals surface area (Å²) in [6.45, 7) is 2.01. The third-order valence-electron chi connectivity index (χ3n) is 1.98. The molecule has 0 aliphatic heterocycles. The fourth-order valence-electron chi connectivity index (χ4n) is 1.28. The van der Waals surface area contributed by atoms with Crippen LogP contribution in [0.4, 0.5) is 0 Å². The molecule has 3 heteroatoms. The molecule has 0 aliphatic carbocycles. The Balaban J connectivity index is 2.53. The van der Waals surface area contributed by atoms with E-state index in [0.717, 1.165) is 21.8 Å². The number of aromatic nitrogens is 2. The van der Waals surface area contributed by atoms with Crippen LogP contribution < -0.4 is 0 Å². The largest absolute Gasteiger partial charge is 0.245 e. The highest BCUT2D eigenvalue weighted by atomic mass is 35.5. The van der Waals surface area contributed by atoms with Crippen molar-refractivity contribution < 1.29 is 0 Å². The predicted octanol–water partition coefficient (Wildman–Crippen LogP) is 3.11. The zero-order chi connectivity index (χ0) is 9.97. The van der Waals surface area contributed by atoms with E-state index in [9.17, 15) is 0 Å². The van der Waals surface area contributed by atoms with Crippen LogP contribution in [0.5, 0.6) is 0 Å². The van der Waals surface area contributed by atoms with Gasteiger partial charge in [0.1, 0.15) is 6.33 Å². The van der Waals surface area contributed by atoms with Crippen molar-refractivity contribution in [3.05, 3.63) is 47.4 Å². The van der Waals surface area contributed by atoms with Crippen molar-refractivity contribution >= 4 is 11.6 Å². The van der Waals surface area contributed by atoms with Crippen LogP contribution in [-0.2, 0) is 0 Å². The summed E-state index contributed by atoms with van der Waals surface area (Å²) in [6, 6.07) is 7.76. The van der Waals surface area contributed by atoms with E-state index in [1.54, 1.807) is 6.20 Å². The minimum Gasteiger partial charge on any atom is -0.245 e. The molecule has 14 heavy (non-hydrogen) atoms. The summed E-state index contributed by atoms with van der Waals surface area (Å²) < 4.78 is 0. The fraction of sp³-hybridized carbons (Fsp3) is 0.0909. The monoisotopic (exact) mass is 204 g/mol. The molecule has 1 aromatic carbocycles. The second-order valence-electron chi connectivity index (χ2n) is 3.08. The van der Waals surface area contributed by atoms with Crippen LogP contribution in [0, 0.1) is 6.92 Å². The Bertz CT molecular complexity index is 440. The van der Waals surface area contributed by atoms with Crippen LogP contribution in [0.15, 0.2) is 36.8 Å². The lowest BCUT2D eigenvalue weighted by Crippen LogP contribution is -1.85. The Morgan fingerprint density at radius 2 is 2.07 bits per heavy atom. The molecule has 70 valence electrons. The Labute approximate surface area is 87.6 Å². The average Bonchev–Trinajstić information content (AvgIpc) is 2.19. The molecule has 0 unspecified atom stereocenters. The first-order chi connectivity index (χ1) is 6.77. The highest BCUT2D eigenvalue weighted by molar-refractivity contribution is 6.33. The van der Waals surface area contributed by atoms with Crippen molar-refractivity contribution in [2.75, 3.05) is 0 Å². The molecular weight excluding hydrogens is 196 g/mol. The van der Waals surface area contributed by atoms with Crippen molar-refractivity contribution in [3.63, 3.8) is 0 Å². The van der Waals surface area contributed by atoms with E-state index in [1.807, 2.05) is 31.2 Å². The normalized spacial score (nSPS) is 10.1. The number of benzene rings is 1. The van der Waals surface area contributed by atoms with Crippen molar-refractivity contribution in [1.82, 2.24) is 9.97 Å². The number of aryl methyl sites for hydroxylation is 1. The number of halogens is 1. The van der Waals surface area contributed by atoms with Crippen molar-refractivity contribution in [2.24, 2.45) is 0 Å². The molecule has 0 N–H and O–H groups in total. The van der Waals surface area contributed by atoms with E-state index in [2.05, 4.69) is 9.97 Å². The van der Waals surface area contributed by atoms with E-state index in [1.165, 1.54) is 6.33 Å². The molecule has 0 atom stereocenters. The average molecular weight is 205 g/mol. The van der Waals surface area contributed by atoms with Gasteiger partial charge in [0.05, 0.1) is 10.7 Å². The molecule has 2 rings (SSSR count). The Morgan fingerprint density at radius 1 is 1.21 bits per heavy atom. The van der Waals surface area contributed by atoms with Crippen LogP contribution in [-0.4, -0.2) is 9.97 Å². The molecule has 2 nitrogen and oxygen atoms in total. The zero-order valence-electron chi connectivity index (χ0n) is 7.74. The number of hydrogen-bond donors (Lipinski definition) is 0. The predicted molar refractivity (Wildman–Crippen MR) is 57.2 cm³/mol. The standard InChI is InChI=1S/C11H9ClN2/c1-8-2-3-9(10(12)6-8)11-4-5-13-7-14-11/h2-7H,1H3. The zero-order valence-corrected chi connectivity index (χ0v) is 8.49. The summed E-state index contributed by atoms with van der Waals surface area (Å²) in [7, 11) is 0. The molecule has 0 spiro atoms. The van der Waals surface area contributed by atoms with Gasteiger partial charge in [-0.15, -0.1) is 0 Å². The highest BCUT2D eigenvalue weighted by Crippen LogP contribution is 2.26. The van der Waals surface area contributed by atoms with E-state index >= 15 is 0 Å². The number of rotatable bonds is 1. The molecule has 0 saturated heterocycles. The van der Waals surface area contributed by atoms with Crippen LogP contribution in [0.2, 0.25) is 5.02 Å². The molecule has 0 aliphatic rings. The van der Waals surface area contributed by atoms with Gasteiger partial charge in [0, 0.05) is 11.8 Å².